The fourth-order valence-corrected chi connectivity index (χ4v) is 1.61. The number of hydrogen-bond acceptors (Lipinski definition) is 5. The van der Waals surface area contributed by atoms with Crippen molar-refractivity contribution in [1.29, 1.82) is 0 Å². The highest BCUT2D eigenvalue weighted by atomic mass is 16.5. The summed E-state index contributed by atoms with van der Waals surface area (Å²) in [4.78, 5) is 15.9. The van der Waals surface area contributed by atoms with Crippen LogP contribution in [0.1, 0.15) is 25.6 Å². The van der Waals surface area contributed by atoms with E-state index in [0.29, 0.717) is 17.5 Å². The topological polar surface area (TPSA) is 81.2 Å². The Hall–Kier alpha value is -2.11. The summed E-state index contributed by atoms with van der Waals surface area (Å²) in [5, 5.41) is 6.59. The van der Waals surface area contributed by atoms with Gasteiger partial charge in [0.25, 0.3) is 5.89 Å². The van der Waals surface area contributed by atoms with Crippen molar-refractivity contribution in [3.63, 3.8) is 0 Å². The van der Waals surface area contributed by atoms with Gasteiger partial charge in [-0.1, -0.05) is 12.1 Å². The molecule has 6 nitrogen and oxygen atoms in total. The van der Waals surface area contributed by atoms with Crippen LogP contribution in [0.2, 0.25) is 0 Å². The van der Waals surface area contributed by atoms with E-state index in [-0.39, 0.29) is 17.9 Å². The molecular formula is C12H13N3O3. The molecule has 0 unspecified atom stereocenters. The van der Waals surface area contributed by atoms with E-state index in [2.05, 4.69) is 15.5 Å². The van der Waals surface area contributed by atoms with Gasteiger partial charge in [-0.2, -0.15) is 4.98 Å². The summed E-state index contributed by atoms with van der Waals surface area (Å²) in [6, 6.07) is 3.48. The van der Waals surface area contributed by atoms with E-state index in [9.17, 15) is 4.79 Å². The van der Waals surface area contributed by atoms with Gasteiger partial charge in [0, 0.05) is 5.41 Å². The zero-order valence-corrected chi connectivity index (χ0v) is 9.97. The number of nitrogens with one attached hydrogen (secondary N) is 1. The second kappa shape index (κ2) is 3.97. The number of amides is 1. The van der Waals surface area contributed by atoms with Crippen LogP contribution in [0.15, 0.2) is 27.3 Å². The molecule has 0 saturated heterocycles. The summed E-state index contributed by atoms with van der Waals surface area (Å²) in [6.45, 7) is 2.23. The van der Waals surface area contributed by atoms with E-state index in [1.807, 2.05) is 6.92 Å². The third-order valence-electron chi connectivity index (χ3n) is 3.16. The number of nitrogens with zero attached hydrogens (tertiary/aromatic N) is 2. The average molecular weight is 247 g/mol. The molecular weight excluding hydrogens is 234 g/mol. The molecule has 1 fully saturated rings. The minimum atomic E-state index is -0.187. The predicted molar refractivity (Wildman–Crippen MR) is 61.2 cm³/mol. The van der Waals surface area contributed by atoms with Crippen LogP contribution in [0.5, 0.6) is 0 Å². The lowest BCUT2D eigenvalue weighted by molar-refractivity contribution is -0.125. The highest BCUT2D eigenvalue weighted by Gasteiger charge is 2.44. The first-order valence-corrected chi connectivity index (χ1v) is 5.82. The lowest BCUT2D eigenvalue weighted by atomic mass is 10.1. The van der Waals surface area contributed by atoms with Crippen LogP contribution in [0.25, 0.3) is 11.7 Å². The van der Waals surface area contributed by atoms with Crippen LogP contribution in [-0.4, -0.2) is 16.0 Å². The van der Waals surface area contributed by atoms with Crippen molar-refractivity contribution >= 4 is 5.91 Å². The molecule has 0 aromatic carbocycles. The number of hydrogen-bond donors (Lipinski definition) is 1. The van der Waals surface area contributed by atoms with Crippen molar-refractivity contribution in [2.45, 2.75) is 26.3 Å². The molecule has 0 atom stereocenters. The predicted octanol–water partition coefficient (Wildman–Crippen LogP) is 1.75. The lowest BCUT2D eigenvalue weighted by Crippen LogP contribution is -2.30. The van der Waals surface area contributed by atoms with Gasteiger partial charge in [0.1, 0.15) is 0 Å². The Balaban J connectivity index is 1.62. The third kappa shape index (κ3) is 2.01. The quantitative estimate of drug-likeness (QED) is 0.890. The molecule has 1 aliphatic rings. The minimum absolute atomic E-state index is 0.0480. The van der Waals surface area contributed by atoms with E-state index in [0.717, 1.165) is 12.8 Å². The molecule has 3 rings (SSSR count). The minimum Gasteiger partial charge on any atom is -0.459 e. The van der Waals surface area contributed by atoms with Gasteiger partial charge in [-0.05, 0) is 25.0 Å². The van der Waals surface area contributed by atoms with Gasteiger partial charge in [0.15, 0.2) is 11.6 Å². The van der Waals surface area contributed by atoms with Crippen molar-refractivity contribution in [3.8, 4) is 11.7 Å². The molecule has 1 amide bonds. The molecule has 0 radical (unpaired) electrons. The number of carbonyl (C=O) groups excluding carboxylic acids is 1. The normalized spacial score (nSPS) is 16.5. The molecule has 2 heterocycles. The standard InChI is InChI=1S/C12H13N3O3/c1-12(4-5-12)11(16)13-7-9-14-10(18-15-9)8-3-2-6-17-8/h2-3,6H,4-5,7H2,1H3,(H,13,16). The maximum absolute atomic E-state index is 11.7. The molecule has 18 heavy (non-hydrogen) atoms. The van der Waals surface area contributed by atoms with Crippen molar-refractivity contribution < 1.29 is 13.7 Å². The van der Waals surface area contributed by atoms with E-state index >= 15 is 0 Å². The third-order valence-corrected chi connectivity index (χ3v) is 3.16. The molecule has 2 aromatic heterocycles. The molecule has 6 heteroatoms. The first kappa shape index (κ1) is 11.0. The van der Waals surface area contributed by atoms with Crippen LogP contribution in [0, 0.1) is 5.41 Å². The first-order chi connectivity index (χ1) is 8.67. The van der Waals surface area contributed by atoms with E-state index in [1.165, 1.54) is 6.26 Å². The summed E-state index contributed by atoms with van der Waals surface area (Å²) in [5.74, 6) is 1.34. The van der Waals surface area contributed by atoms with Crippen molar-refractivity contribution in [1.82, 2.24) is 15.5 Å². The zero-order chi connectivity index (χ0) is 12.6. The van der Waals surface area contributed by atoms with Crippen LogP contribution in [-0.2, 0) is 11.3 Å². The second-order valence-corrected chi connectivity index (χ2v) is 4.74. The van der Waals surface area contributed by atoms with Crippen LogP contribution < -0.4 is 5.32 Å². The highest BCUT2D eigenvalue weighted by molar-refractivity contribution is 5.84. The van der Waals surface area contributed by atoms with Gasteiger partial charge in [-0.15, -0.1) is 0 Å². The van der Waals surface area contributed by atoms with Crippen LogP contribution in [0.3, 0.4) is 0 Å². The molecule has 1 aliphatic carbocycles. The van der Waals surface area contributed by atoms with Crippen LogP contribution in [0.4, 0.5) is 0 Å². The van der Waals surface area contributed by atoms with Gasteiger partial charge in [-0.3, -0.25) is 4.79 Å². The Morgan fingerprint density at radius 2 is 2.39 bits per heavy atom. The Bertz CT molecular complexity index is 555. The summed E-state index contributed by atoms with van der Waals surface area (Å²) < 4.78 is 10.2. The SMILES string of the molecule is CC1(C(=O)NCc2noc(-c3ccco3)n2)CC1. The number of aromatic nitrogens is 2. The molecule has 2 aromatic rings. The van der Waals surface area contributed by atoms with Gasteiger partial charge in [0.2, 0.25) is 5.91 Å². The van der Waals surface area contributed by atoms with Crippen molar-refractivity contribution in [2.24, 2.45) is 5.41 Å². The van der Waals surface area contributed by atoms with Crippen molar-refractivity contribution in [3.05, 3.63) is 24.2 Å². The number of carbonyl (C=O) groups is 1. The maximum Gasteiger partial charge on any atom is 0.293 e. The fraction of sp³-hybridized carbons (Fsp3) is 0.417. The average Bonchev–Trinajstić information content (AvgIpc) is 2.87. The molecule has 94 valence electrons. The highest BCUT2D eigenvalue weighted by Crippen LogP contribution is 2.44. The molecule has 1 saturated carbocycles. The second-order valence-electron chi connectivity index (χ2n) is 4.74. The van der Waals surface area contributed by atoms with Gasteiger partial charge < -0.3 is 14.3 Å². The summed E-state index contributed by atoms with van der Waals surface area (Å²) >= 11 is 0. The van der Waals surface area contributed by atoms with Gasteiger partial charge in [-0.25, -0.2) is 0 Å². The summed E-state index contributed by atoms with van der Waals surface area (Å²) in [7, 11) is 0. The van der Waals surface area contributed by atoms with E-state index < -0.39 is 0 Å². The zero-order valence-electron chi connectivity index (χ0n) is 9.97. The Morgan fingerprint density at radius 3 is 3.06 bits per heavy atom. The van der Waals surface area contributed by atoms with Crippen LogP contribution >= 0.6 is 0 Å². The fourth-order valence-electron chi connectivity index (χ4n) is 1.61. The largest absolute Gasteiger partial charge is 0.459 e. The summed E-state index contributed by atoms with van der Waals surface area (Å²) in [5.41, 5.74) is -0.187. The molecule has 0 aliphatic heterocycles. The number of furan rings is 1. The molecule has 0 bridgehead atoms. The molecule has 0 spiro atoms. The number of rotatable bonds is 4. The Kier molecular flexibility index (Phi) is 2.43. The summed E-state index contributed by atoms with van der Waals surface area (Å²) in [6.07, 6.45) is 3.43. The Morgan fingerprint density at radius 1 is 1.56 bits per heavy atom. The lowest BCUT2D eigenvalue weighted by Gasteiger charge is -2.07. The smallest absolute Gasteiger partial charge is 0.293 e. The maximum atomic E-state index is 11.7. The Labute approximate surface area is 103 Å². The van der Waals surface area contributed by atoms with Gasteiger partial charge in [0.05, 0.1) is 12.8 Å². The van der Waals surface area contributed by atoms with Gasteiger partial charge >= 0.3 is 0 Å². The molecule has 1 N–H and O–H groups in total. The first-order valence-electron chi connectivity index (χ1n) is 5.82. The van der Waals surface area contributed by atoms with E-state index in [1.54, 1.807) is 12.1 Å². The van der Waals surface area contributed by atoms with E-state index in [4.69, 9.17) is 8.94 Å². The van der Waals surface area contributed by atoms with Crippen molar-refractivity contribution in [2.75, 3.05) is 0 Å². The monoisotopic (exact) mass is 247 g/mol.